The lowest BCUT2D eigenvalue weighted by Crippen LogP contribution is -2.32. The molecule has 1 amide bonds. The van der Waals surface area contributed by atoms with E-state index in [1.165, 1.54) is 39.0 Å². The number of hydroxylamine groups is 1. The zero-order valence-corrected chi connectivity index (χ0v) is 12.0. The largest absolute Gasteiger partial charge is 0.341 e. The fourth-order valence-electron chi connectivity index (χ4n) is 1.90. The van der Waals surface area contributed by atoms with E-state index in [4.69, 9.17) is 0 Å². The SMILES string of the molecule is CCCCCCCCC(CC)C(=O)NOC(C)=O. The Morgan fingerprint density at radius 3 is 2.22 bits per heavy atom. The molecule has 1 atom stereocenters. The smallest absolute Gasteiger partial charge is 0.329 e. The molecule has 0 aliphatic rings. The van der Waals surface area contributed by atoms with Gasteiger partial charge in [0.15, 0.2) is 0 Å². The molecule has 0 aromatic carbocycles. The van der Waals surface area contributed by atoms with Gasteiger partial charge in [-0.15, -0.1) is 0 Å². The molecule has 0 rings (SSSR count). The molecule has 18 heavy (non-hydrogen) atoms. The Balaban J connectivity index is 3.68. The Kier molecular flexibility index (Phi) is 10.4. The molecule has 1 N–H and O–H groups in total. The van der Waals surface area contributed by atoms with Crippen molar-refractivity contribution in [2.24, 2.45) is 5.92 Å². The van der Waals surface area contributed by atoms with E-state index in [1.807, 2.05) is 6.92 Å². The summed E-state index contributed by atoms with van der Waals surface area (Å²) in [4.78, 5) is 26.7. The zero-order valence-electron chi connectivity index (χ0n) is 12.0. The second kappa shape index (κ2) is 11.1. The number of amides is 1. The van der Waals surface area contributed by atoms with Crippen LogP contribution in [0.2, 0.25) is 0 Å². The standard InChI is InChI=1S/C14H27NO3/c1-4-6-7-8-9-10-11-13(5-2)14(17)15-18-12(3)16/h13H,4-11H2,1-3H3,(H,15,17). The van der Waals surface area contributed by atoms with E-state index in [9.17, 15) is 9.59 Å². The van der Waals surface area contributed by atoms with Crippen LogP contribution in [0.25, 0.3) is 0 Å². The van der Waals surface area contributed by atoms with E-state index in [1.54, 1.807) is 0 Å². The average Bonchev–Trinajstić information content (AvgIpc) is 2.35. The Hall–Kier alpha value is -1.06. The summed E-state index contributed by atoms with van der Waals surface area (Å²) in [7, 11) is 0. The summed E-state index contributed by atoms with van der Waals surface area (Å²) in [6, 6.07) is 0. The number of carbonyl (C=O) groups excluding carboxylic acids is 2. The molecule has 0 aliphatic carbocycles. The van der Waals surface area contributed by atoms with E-state index in [-0.39, 0.29) is 11.8 Å². The van der Waals surface area contributed by atoms with Gasteiger partial charge in [-0.05, 0) is 12.8 Å². The van der Waals surface area contributed by atoms with E-state index in [0.717, 1.165) is 19.3 Å². The summed E-state index contributed by atoms with van der Waals surface area (Å²) in [5.41, 5.74) is 2.21. The Morgan fingerprint density at radius 1 is 1.06 bits per heavy atom. The summed E-state index contributed by atoms with van der Waals surface area (Å²) in [6.07, 6.45) is 8.97. The van der Waals surface area contributed by atoms with Crippen LogP contribution in [-0.2, 0) is 14.4 Å². The van der Waals surface area contributed by atoms with E-state index in [2.05, 4.69) is 17.2 Å². The van der Waals surface area contributed by atoms with Crippen molar-refractivity contribution < 1.29 is 14.4 Å². The lowest BCUT2D eigenvalue weighted by Gasteiger charge is -2.13. The van der Waals surface area contributed by atoms with E-state index in [0.29, 0.717) is 0 Å². The molecule has 0 saturated carbocycles. The first-order valence-corrected chi connectivity index (χ1v) is 7.09. The first-order valence-electron chi connectivity index (χ1n) is 7.09. The maximum Gasteiger partial charge on any atom is 0.329 e. The minimum atomic E-state index is -0.488. The molecule has 0 aliphatic heterocycles. The summed E-state index contributed by atoms with van der Waals surface area (Å²) in [5, 5.41) is 0. The normalized spacial score (nSPS) is 11.9. The van der Waals surface area contributed by atoms with Crippen LogP contribution >= 0.6 is 0 Å². The van der Waals surface area contributed by atoms with Crippen molar-refractivity contribution in [2.45, 2.75) is 72.1 Å². The van der Waals surface area contributed by atoms with Crippen LogP contribution < -0.4 is 5.48 Å². The number of hydrogen-bond acceptors (Lipinski definition) is 3. The lowest BCUT2D eigenvalue weighted by molar-refractivity contribution is -0.157. The number of carbonyl (C=O) groups is 2. The number of nitrogens with one attached hydrogen (secondary N) is 1. The van der Waals surface area contributed by atoms with Gasteiger partial charge in [-0.1, -0.05) is 52.4 Å². The second-order valence-corrected chi connectivity index (χ2v) is 4.72. The fourth-order valence-corrected chi connectivity index (χ4v) is 1.90. The van der Waals surface area contributed by atoms with E-state index < -0.39 is 5.97 Å². The molecule has 0 aromatic heterocycles. The monoisotopic (exact) mass is 257 g/mol. The predicted molar refractivity (Wildman–Crippen MR) is 71.7 cm³/mol. The number of unbranched alkanes of at least 4 members (excludes halogenated alkanes) is 5. The van der Waals surface area contributed by atoms with Crippen molar-refractivity contribution in [3.63, 3.8) is 0 Å². The van der Waals surface area contributed by atoms with Gasteiger partial charge in [0.25, 0.3) is 5.91 Å². The van der Waals surface area contributed by atoms with Crippen molar-refractivity contribution in [2.75, 3.05) is 0 Å². The molecule has 0 saturated heterocycles. The summed E-state index contributed by atoms with van der Waals surface area (Å²) < 4.78 is 0. The molecule has 1 unspecified atom stereocenters. The molecule has 0 heterocycles. The van der Waals surface area contributed by atoms with Gasteiger partial charge in [0.1, 0.15) is 0 Å². The molecular weight excluding hydrogens is 230 g/mol. The van der Waals surface area contributed by atoms with Gasteiger partial charge in [-0.3, -0.25) is 9.59 Å². The summed E-state index contributed by atoms with van der Waals surface area (Å²) in [5.74, 6) is -0.713. The van der Waals surface area contributed by atoms with Gasteiger partial charge in [0.2, 0.25) is 0 Å². The molecule has 4 nitrogen and oxygen atoms in total. The topological polar surface area (TPSA) is 55.4 Å². The quantitative estimate of drug-likeness (QED) is 0.509. The highest BCUT2D eigenvalue weighted by Gasteiger charge is 2.16. The Bertz CT molecular complexity index is 241. The van der Waals surface area contributed by atoms with Crippen molar-refractivity contribution in [1.82, 2.24) is 5.48 Å². The van der Waals surface area contributed by atoms with Crippen molar-refractivity contribution in [3.05, 3.63) is 0 Å². The summed E-state index contributed by atoms with van der Waals surface area (Å²) in [6.45, 7) is 5.45. The molecule has 0 radical (unpaired) electrons. The maximum absolute atomic E-state index is 11.7. The molecule has 4 heteroatoms. The third-order valence-corrected chi connectivity index (χ3v) is 3.07. The van der Waals surface area contributed by atoms with Crippen LogP contribution in [0.5, 0.6) is 0 Å². The minimum absolute atomic E-state index is 0.0458. The Morgan fingerprint density at radius 2 is 1.67 bits per heavy atom. The zero-order chi connectivity index (χ0) is 13.8. The van der Waals surface area contributed by atoms with Crippen molar-refractivity contribution in [1.29, 1.82) is 0 Å². The van der Waals surface area contributed by atoms with Gasteiger partial charge in [-0.2, -0.15) is 5.48 Å². The first-order chi connectivity index (χ1) is 8.61. The van der Waals surface area contributed by atoms with Crippen LogP contribution in [0.1, 0.15) is 72.1 Å². The highest BCUT2D eigenvalue weighted by atomic mass is 16.7. The highest BCUT2D eigenvalue weighted by Crippen LogP contribution is 2.15. The van der Waals surface area contributed by atoms with Gasteiger partial charge in [-0.25, -0.2) is 0 Å². The van der Waals surface area contributed by atoms with Crippen molar-refractivity contribution >= 4 is 11.9 Å². The van der Waals surface area contributed by atoms with Gasteiger partial charge < -0.3 is 4.84 Å². The number of rotatable bonds is 9. The van der Waals surface area contributed by atoms with Crippen LogP contribution in [-0.4, -0.2) is 11.9 Å². The van der Waals surface area contributed by atoms with Crippen LogP contribution in [0.3, 0.4) is 0 Å². The molecular formula is C14H27NO3. The minimum Gasteiger partial charge on any atom is -0.341 e. The molecule has 0 bridgehead atoms. The van der Waals surface area contributed by atoms with Gasteiger partial charge >= 0.3 is 5.97 Å². The molecule has 0 fully saturated rings. The second-order valence-electron chi connectivity index (χ2n) is 4.72. The lowest BCUT2D eigenvalue weighted by atomic mass is 9.97. The fraction of sp³-hybridized carbons (Fsp3) is 0.857. The highest BCUT2D eigenvalue weighted by molar-refractivity contribution is 5.79. The average molecular weight is 257 g/mol. The predicted octanol–water partition coefficient (Wildman–Crippen LogP) is 3.36. The Labute approximate surface area is 110 Å². The third-order valence-electron chi connectivity index (χ3n) is 3.07. The van der Waals surface area contributed by atoms with Crippen LogP contribution in [0, 0.1) is 5.92 Å². The number of hydrogen-bond donors (Lipinski definition) is 1. The third kappa shape index (κ3) is 9.02. The van der Waals surface area contributed by atoms with Crippen LogP contribution in [0.15, 0.2) is 0 Å². The molecule has 0 aromatic rings. The van der Waals surface area contributed by atoms with E-state index >= 15 is 0 Å². The first kappa shape index (κ1) is 16.9. The van der Waals surface area contributed by atoms with Gasteiger partial charge in [0, 0.05) is 12.8 Å². The van der Waals surface area contributed by atoms with Crippen LogP contribution in [0.4, 0.5) is 0 Å². The maximum atomic E-state index is 11.7. The van der Waals surface area contributed by atoms with Gasteiger partial charge in [0.05, 0.1) is 0 Å². The molecule has 0 spiro atoms. The van der Waals surface area contributed by atoms with Crippen molar-refractivity contribution in [3.8, 4) is 0 Å². The molecule has 106 valence electrons. The summed E-state index contributed by atoms with van der Waals surface area (Å²) >= 11 is 0.